The van der Waals surface area contributed by atoms with Gasteiger partial charge in [-0.15, -0.1) is 0 Å². The molecule has 0 unspecified atom stereocenters. The zero-order chi connectivity index (χ0) is 8.97. The molecule has 1 aromatic rings. The SMILES string of the molecule is CCNC(=O)c1ccnn1CC. The van der Waals surface area contributed by atoms with Gasteiger partial charge in [0.25, 0.3) is 5.91 Å². The van der Waals surface area contributed by atoms with Crippen molar-refractivity contribution in [3.05, 3.63) is 18.0 Å². The Balaban J connectivity index is 2.79. The summed E-state index contributed by atoms with van der Waals surface area (Å²) in [6.07, 6.45) is 1.63. The van der Waals surface area contributed by atoms with Gasteiger partial charge in [0.15, 0.2) is 0 Å². The van der Waals surface area contributed by atoms with Crippen LogP contribution in [0.1, 0.15) is 24.3 Å². The van der Waals surface area contributed by atoms with Gasteiger partial charge in [0.05, 0.1) is 0 Å². The first kappa shape index (κ1) is 8.77. The lowest BCUT2D eigenvalue weighted by Crippen LogP contribution is -2.25. The summed E-state index contributed by atoms with van der Waals surface area (Å²) < 4.78 is 1.67. The van der Waals surface area contributed by atoms with Gasteiger partial charge in [-0.05, 0) is 19.9 Å². The van der Waals surface area contributed by atoms with Gasteiger partial charge < -0.3 is 5.32 Å². The molecule has 66 valence electrons. The van der Waals surface area contributed by atoms with Gasteiger partial charge >= 0.3 is 0 Å². The van der Waals surface area contributed by atoms with Gasteiger partial charge in [-0.2, -0.15) is 5.10 Å². The van der Waals surface area contributed by atoms with Crippen molar-refractivity contribution >= 4 is 5.91 Å². The molecule has 0 aliphatic heterocycles. The van der Waals surface area contributed by atoms with Crippen LogP contribution in [0, 0.1) is 0 Å². The van der Waals surface area contributed by atoms with Crippen molar-refractivity contribution in [1.82, 2.24) is 15.1 Å². The molecule has 0 spiro atoms. The zero-order valence-corrected chi connectivity index (χ0v) is 7.37. The van der Waals surface area contributed by atoms with Crippen LogP contribution in [0.15, 0.2) is 12.3 Å². The van der Waals surface area contributed by atoms with E-state index in [1.54, 1.807) is 16.9 Å². The minimum absolute atomic E-state index is 0.0585. The Morgan fingerprint density at radius 3 is 3.00 bits per heavy atom. The van der Waals surface area contributed by atoms with Crippen molar-refractivity contribution in [3.63, 3.8) is 0 Å². The van der Waals surface area contributed by atoms with Gasteiger partial charge in [-0.25, -0.2) is 0 Å². The van der Waals surface area contributed by atoms with Crippen LogP contribution in [0.2, 0.25) is 0 Å². The van der Waals surface area contributed by atoms with E-state index in [2.05, 4.69) is 10.4 Å². The Morgan fingerprint density at radius 1 is 1.67 bits per heavy atom. The standard InChI is InChI=1S/C8H13N3O/c1-3-9-8(12)7-5-6-10-11(7)4-2/h5-6H,3-4H2,1-2H3,(H,9,12). The molecule has 0 saturated heterocycles. The number of nitrogens with one attached hydrogen (secondary N) is 1. The maximum Gasteiger partial charge on any atom is 0.269 e. The molecule has 0 aromatic carbocycles. The molecule has 0 aliphatic carbocycles. The molecule has 0 bridgehead atoms. The number of aromatic nitrogens is 2. The smallest absolute Gasteiger partial charge is 0.269 e. The van der Waals surface area contributed by atoms with Crippen molar-refractivity contribution in [2.24, 2.45) is 0 Å². The topological polar surface area (TPSA) is 46.9 Å². The molecule has 1 amide bonds. The van der Waals surface area contributed by atoms with Crippen LogP contribution < -0.4 is 5.32 Å². The summed E-state index contributed by atoms with van der Waals surface area (Å²) in [7, 11) is 0. The summed E-state index contributed by atoms with van der Waals surface area (Å²) in [5.41, 5.74) is 0.624. The third kappa shape index (κ3) is 1.64. The van der Waals surface area contributed by atoms with Crippen LogP contribution in [0.4, 0.5) is 0 Å². The fraction of sp³-hybridized carbons (Fsp3) is 0.500. The first-order valence-corrected chi connectivity index (χ1v) is 4.09. The van der Waals surface area contributed by atoms with Crippen molar-refractivity contribution in [3.8, 4) is 0 Å². The van der Waals surface area contributed by atoms with E-state index in [1.807, 2.05) is 13.8 Å². The number of amides is 1. The molecule has 4 heteroatoms. The maximum absolute atomic E-state index is 11.3. The van der Waals surface area contributed by atoms with Crippen molar-refractivity contribution < 1.29 is 4.79 Å². The molecule has 0 saturated carbocycles. The maximum atomic E-state index is 11.3. The highest BCUT2D eigenvalue weighted by atomic mass is 16.2. The zero-order valence-electron chi connectivity index (χ0n) is 7.37. The summed E-state index contributed by atoms with van der Waals surface area (Å²) in [5.74, 6) is -0.0585. The van der Waals surface area contributed by atoms with Crippen LogP contribution >= 0.6 is 0 Å². The number of hydrogen-bond acceptors (Lipinski definition) is 2. The number of hydrogen-bond donors (Lipinski definition) is 1. The number of rotatable bonds is 3. The third-order valence-corrected chi connectivity index (χ3v) is 1.59. The lowest BCUT2D eigenvalue weighted by Gasteiger charge is -2.03. The second-order valence-electron chi connectivity index (χ2n) is 2.39. The van der Waals surface area contributed by atoms with E-state index in [9.17, 15) is 4.79 Å². The average Bonchev–Trinajstić information content (AvgIpc) is 2.51. The summed E-state index contributed by atoms with van der Waals surface area (Å²) in [6, 6.07) is 1.72. The lowest BCUT2D eigenvalue weighted by atomic mass is 10.4. The Labute approximate surface area is 71.6 Å². The van der Waals surface area contributed by atoms with E-state index in [0.717, 1.165) is 6.54 Å². The average molecular weight is 167 g/mol. The van der Waals surface area contributed by atoms with Crippen molar-refractivity contribution in [2.45, 2.75) is 20.4 Å². The van der Waals surface area contributed by atoms with Crippen LogP contribution in [0.3, 0.4) is 0 Å². The Kier molecular flexibility index (Phi) is 2.85. The lowest BCUT2D eigenvalue weighted by molar-refractivity contribution is 0.0945. The molecular formula is C8H13N3O. The fourth-order valence-electron chi connectivity index (χ4n) is 1.03. The molecule has 1 heterocycles. The molecule has 0 aliphatic rings. The largest absolute Gasteiger partial charge is 0.351 e. The second-order valence-corrected chi connectivity index (χ2v) is 2.39. The molecule has 1 N–H and O–H groups in total. The monoisotopic (exact) mass is 167 g/mol. The van der Waals surface area contributed by atoms with E-state index < -0.39 is 0 Å². The summed E-state index contributed by atoms with van der Waals surface area (Å²) in [5, 5.41) is 6.72. The first-order valence-electron chi connectivity index (χ1n) is 4.09. The fourth-order valence-corrected chi connectivity index (χ4v) is 1.03. The highest BCUT2D eigenvalue weighted by Gasteiger charge is 2.08. The van der Waals surface area contributed by atoms with Gasteiger partial charge in [0.1, 0.15) is 5.69 Å². The van der Waals surface area contributed by atoms with Crippen LogP contribution in [0.25, 0.3) is 0 Å². The number of carbonyl (C=O) groups is 1. The minimum atomic E-state index is -0.0585. The highest BCUT2D eigenvalue weighted by Crippen LogP contribution is 1.97. The highest BCUT2D eigenvalue weighted by molar-refractivity contribution is 5.92. The van der Waals surface area contributed by atoms with Crippen molar-refractivity contribution in [1.29, 1.82) is 0 Å². The number of nitrogens with zero attached hydrogens (tertiary/aromatic N) is 2. The molecular weight excluding hydrogens is 154 g/mol. The number of carbonyl (C=O) groups excluding carboxylic acids is 1. The molecule has 0 fully saturated rings. The van der Waals surface area contributed by atoms with E-state index in [0.29, 0.717) is 12.2 Å². The van der Waals surface area contributed by atoms with Crippen molar-refractivity contribution in [2.75, 3.05) is 6.54 Å². The minimum Gasteiger partial charge on any atom is -0.351 e. The van der Waals surface area contributed by atoms with Gasteiger partial charge in [0.2, 0.25) is 0 Å². The first-order chi connectivity index (χ1) is 5.79. The number of aryl methyl sites for hydroxylation is 1. The summed E-state index contributed by atoms with van der Waals surface area (Å²) in [4.78, 5) is 11.3. The molecule has 0 radical (unpaired) electrons. The summed E-state index contributed by atoms with van der Waals surface area (Å²) >= 11 is 0. The Bertz CT molecular complexity index is 267. The van der Waals surface area contributed by atoms with E-state index >= 15 is 0 Å². The van der Waals surface area contributed by atoms with Crippen LogP contribution in [-0.2, 0) is 6.54 Å². The predicted molar refractivity (Wildman–Crippen MR) is 45.9 cm³/mol. The van der Waals surface area contributed by atoms with E-state index in [4.69, 9.17) is 0 Å². The van der Waals surface area contributed by atoms with Crippen LogP contribution in [0.5, 0.6) is 0 Å². The van der Waals surface area contributed by atoms with Gasteiger partial charge in [-0.3, -0.25) is 9.48 Å². The third-order valence-electron chi connectivity index (χ3n) is 1.59. The molecule has 1 rings (SSSR count). The Morgan fingerprint density at radius 2 is 2.42 bits per heavy atom. The van der Waals surface area contributed by atoms with Gasteiger partial charge in [0, 0.05) is 19.3 Å². The summed E-state index contributed by atoms with van der Waals surface area (Å²) in [6.45, 7) is 5.22. The van der Waals surface area contributed by atoms with Crippen LogP contribution in [-0.4, -0.2) is 22.2 Å². The van der Waals surface area contributed by atoms with Gasteiger partial charge in [-0.1, -0.05) is 0 Å². The normalized spacial score (nSPS) is 9.83. The second kappa shape index (κ2) is 3.90. The Hall–Kier alpha value is -1.32. The molecule has 0 atom stereocenters. The quantitative estimate of drug-likeness (QED) is 0.718. The molecule has 12 heavy (non-hydrogen) atoms. The predicted octanol–water partition coefficient (Wildman–Crippen LogP) is 0.653. The molecule has 1 aromatic heterocycles. The molecule has 4 nitrogen and oxygen atoms in total. The van der Waals surface area contributed by atoms with E-state index in [1.165, 1.54) is 0 Å². The van der Waals surface area contributed by atoms with E-state index in [-0.39, 0.29) is 5.91 Å².